The molecule has 0 bridgehead atoms. The van der Waals surface area contributed by atoms with Crippen LogP contribution in [0.15, 0.2) is 6.07 Å². The van der Waals surface area contributed by atoms with Gasteiger partial charge >= 0.3 is 5.97 Å². The van der Waals surface area contributed by atoms with Gasteiger partial charge in [-0.2, -0.15) is 0 Å². The highest BCUT2D eigenvalue weighted by atomic mass is 16.4. The summed E-state index contributed by atoms with van der Waals surface area (Å²) >= 11 is 0. The van der Waals surface area contributed by atoms with Gasteiger partial charge in [0.25, 0.3) is 5.91 Å². The average Bonchev–Trinajstić information content (AvgIpc) is 2.49. The zero-order valence-corrected chi connectivity index (χ0v) is 8.86. The number of fused-ring (bicyclic) bond motifs is 1. The second kappa shape index (κ2) is 3.55. The standard InChI is InChI=1S/C10H13N3O3/c1-5-2-7-10(16)12-4-6(3-8(14)15)13(7)9(5)11/h2,6H,3-4,11H2,1H3,(H,12,16)(H,14,15). The molecule has 1 aliphatic rings. The van der Waals surface area contributed by atoms with Gasteiger partial charge < -0.3 is 20.7 Å². The van der Waals surface area contributed by atoms with Crippen LogP contribution in [0.5, 0.6) is 0 Å². The van der Waals surface area contributed by atoms with Crippen molar-refractivity contribution in [2.24, 2.45) is 0 Å². The lowest BCUT2D eigenvalue weighted by Gasteiger charge is -2.26. The first-order valence-corrected chi connectivity index (χ1v) is 4.98. The summed E-state index contributed by atoms with van der Waals surface area (Å²) in [5.74, 6) is -0.643. The molecule has 1 unspecified atom stereocenters. The Morgan fingerprint density at radius 3 is 3.06 bits per heavy atom. The molecule has 16 heavy (non-hydrogen) atoms. The number of nitrogens with two attached hydrogens (primary N) is 1. The fourth-order valence-corrected chi connectivity index (χ4v) is 1.99. The number of nitrogen functional groups attached to an aromatic ring is 1. The monoisotopic (exact) mass is 223 g/mol. The number of hydrogen-bond donors (Lipinski definition) is 3. The molecule has 1 aromatic rings. The third-order valence-corrected chi connectivity index (χ3v) is 2.78. The summed E-state index contributed by atoms with van der Waals surface area (Å²) in [6, 6.07) is 1.37. The molecule has 0 saturated heterocycles. The smallest absolute Gasteiger partial charge is 0.305 e. The van der Waals surface area contributed by atoms with Crippen LogP contribution in [0, 0.1) is 6.92 Å². The number of carboxylic acid groups (broad SMARTS) is 1. The highest BCUT2D eigenvalue weighted by Crippen LogP contribution is 2.27. The zero-order chi connectivity index (χ0) is 11.9. The molecule has 1 atom stereocenters. The molecular weight excluding hydrogens is 210 g/mol. The fraction of sp³-hybridized carbons (Fsp3) is 0.400. The van der Waals surface area contributed by atoms with E-state index in [4.69, 9.17) is 10.8 Å². The number of carbonyl (C=O) groups excluding carboxylic acids is 1. The fourth-order valence-electron chi connectivity index (χ4n) is 1.99. The number of aliphatic carboxylic acids is 1. The summed E-state index contributed by atoms with van der Waals surface area (Å²) in [6.07, 6.45) is -0.0500. The summed E-state index contributed by atoms with van der Waals surface area (Å²) in [5, 5.41) is 11.4. The van der Waals surface area contributed by atoms with Gasteiger partial charge in [0, 0.05) is 6.54 Å². The summed E-state index contributed by atoms with van der Waals surface area (Å²) in [4.78, 5) is 22.3. The number of hydrogen-bond acceptors (Lipinski definition) is 3. The van der Waals surface area contributed by atoms with Crippen LogP contribution in [-0.4, -0.2) is 28.1 Å². The molecule has 4 N–H and O–H groups in total. The molecule has 6 nitrogen and oxygen atoms in total. The van der Waals surface area contributed by atoms with Crippen LogP contribution in [0.3, 0.4) is 0 Å². The van der Waals surface area contributed by atoms with Crippen molar-refractivity contribution in [1.82, 2.24) is 9.88 Å². The van der Waals surface area contributed by atoms with Crippen molar-refractivity contribution in [3.63, 3.8) is 0 Å². The van der Waals surface area contributed by atoms with Crippen molar-refractivity contribution in [3.8, 4) is 0 Å². The van der Waals surface area contributed by atoms with E-state index in [9.17, 15) is 9.59 Å². The molecule has 1 aromatic heterocycles. The van der Waals surface area contributed by atoms with Crippen molar-refractivity contribution in [2.45, 2.75) is 19.4 Å². The Morgan fingerprint density at radius 2 is 2.44 bits per heavy atom. The highest BCUT2D eigenvalue weighted by Gasteiger charge is 2.29. The van der Waals surface area contributed by atoms with E-state index >= 15 is 0 Å². The molecule has 0 aromatic carbocycles. The minimum atomic E-state index is -0.905. The van der Waals surface area contributed by atoms with E-state index in [1.54, 1.807) is 17.6 Å². The molecule has 2 rings (SSSR count). The van der Waals surface area contributed by atoms with Crippen LogP contribution in [0.1, 0.15) is 28.5 Å². The van der Waals surface area contributed by atoms with Gasteiger partial charge in [0.05, 0.1) is 12.5 Å². The molecule has 86 valence electrons. The molecular formula is C10H13N3O3. The summed E-state index contributed by atoms with van der Waals surface area (Å²) in [6.45, 7) is 2.10. The van der Waals surface area contributed by atoms with Gasteiger partial charge in [-0.15, -0.1) is 0 Å². The molecule has 2 heterocycles. The minimum Gasteiger partial charge on any atom is -0.481 e. The number of aryl methyl sites for hydroxylation is 1. The minimum absolute atomic E-state index is 0.0500. The van der Waals surface area contributed by atoms with Crippen LogP contribution in [0.25, 0.3) is 0 Å². The quantitative estimate of drug-likeness (QED) is 0.664. The number of nitrogens with zero attached hydrogens (tertiary/aromatic N) is 1. The Morgan fingerprint density at radius 1 is 1.75 bits per heavy atom. The Kier molecular flexibility index (Phi) is 2.34. The maximum absolute atomic E-state index is 11.5. The van der Waals surface area contributed by atoms with Gasteiger partial charge in [0.15, 0.2) is 0 Å². The second-order valence-corrected chi connectivity index (χ2v) is 3.93. The topological polar surface area (TPSA) is 97.3 Å². The molecule has 6 heteroatoms. The molecule has 0 saturated carbocycles. The van der Waals surface area contributed by atoms with Gasteiger partial charge in [-0.1, -0.05) is 0 Å². The van der Waals surface area contributed by atoms with Gasteiger partial charge in [-0.05, 0) is 18.6 Å². The van der Waals surface area contributed by atoms with Gasteiger partial charge in [-0.3, -0.25) is 9.59 Å². The van der Waals surface area contributed by atoms with Crippen LogP contribution in [0.2, 0.25) is 0 Å². The number of nitrogens with one attached hydrogen (secondary N) is 1. The van der Waals surface area contributed by atoms with Crippen molar-refractivity contribution in [1.29, 1.82) is 0 Å². The van der Waals surface area contributed by atoms with E-state index in [-0.39, 0.29) is 18.4 Å². The van der Waals surface area contributed by atoms with Gasteiger partial charge in [0.1, 0.15) is 11.5 Å². The SMILES string of the molecule is Cc1cc2n(c1N)C(CC(=O)O)CNC2=O. The van der Waals surface area contributed by atoms with E-state index in [0.717, 1.165) is 5.56 Å². The maximum atomic E-state index is 11.5. The zero-order valence-electron chi connectivity index (χ0n) is 8.86. The first-order valence-electron chi connectivity index (χ1n) is 4.98. The van der Waals surface area contributed by atoms with E-state index < -0.39 is 5.97 Å². The molecule has 1 amide bonds. The summed E-state index contributed by atoms with van der Waals surface area (Å²) in [7, 11) is 0. The molecule has 0 spiro atoms. The Bertz CT molecular complexity index is 464. The lowest BCUT2D eigenvalue weighted by molar-refractivity contribution is -0.137. The van der Waals surface area contributed by atoms with Crippen LogP contribution in [-0.2, 0) is 4.79 Å². The summed E-state index contributed by atoms with van der Waals surface area (Å²) < 4.78 is 1.61. The van der Waals surface area contributed by atoms with Crippen LogP contribution < -0.4 is 11.1 Å². The van der Waals surface area contributed by atoms with Crippen molar-refractivity contribution < 1.29 is 14.7 Å². The van der Waals surface area contributed by atoms with Crippen LogP contribution in [0.4, 0.5) is 5.82 Å². The van der Waals surface area contributed by atoms with Gasteiger partial charge in [0.2, 0.25) is 0 Å². The first kappa shape index (κ1) is 10.5. The van der Waals surface area contributed by atoms with E-state index in [2.05, 4.69) is 5.32 Å². The molecule has 0 aliphatic carbocycles. The van der Waals surface area contributed by atoms with E-state index in [0.29, 0.717) is 18.1 Å². The van der Waals surface area contributed by atoms with E-state index in [1.807, 2.05) is 0 Å². The molecule has 0 radical (unpaired) electrons. The third kappa shape index (κ3) is 1.52. The van der Waals surface area contributed by atoms with Crippen molar-refractivity contribution >= 4 is 17.7 Å². The Balaban J connectivity index is 2.46. The largest absolute Gasteiger partial charge is 0.481 e. The normalized spacial score (nSPS) is 19.1. The lowest BCUT2D eigenvalue weighted by Crippen LogP contribution is -2.39. The average molecular weight is 223 g/mol. The van der Waals surface area contributed by atoms with Crippen molar-refractivity contribution in [3.05, 3.63) is 17.3 Å². The highest BCUT2D eigenvalue weighted by molar-refractivity contribution is 5.95. The Labute approximate surface area is 92.0 Å². The number of rotatable bonds is 2. The number of anilines is 1. The number of carbonyl (C=O) groups is 2. The van der Waals surface area contributed by atoms with E-state index in [1.165, 1.54) is 0 Å². The predicted molar refractivity (Wildman–Crippen MR) is 57.2 cm³/mol. The van der Waals surface area contributed by atoms with Crippen LogP contribution >= 0.6 is 0 Å². The lowest BCUT2D eigenvalue weighted by atomic mass is 10.1. The number of aromatic nitrogens is 1. The molecule has 1 aliphatic heterocycles. The van der Waals surface area contributed by atoms with Gasteiger partial charge in [-0.25, -0.2) is 0 Å². The number of amides is 1. The predicted octanol–water partition coefficient (Wildman–Crippen LogP) is 0.138. The molecule has 0 fully saturated rings. The summed E-state index contributed by atoms with van der Waals surface area (Å²) in [5.41, 5.74) is 7.07. The third-order valence-electron chi connectivity index (χ3n) is 2.78. The Hall–Kier alpha value is -1.98. The first-order chi connectivity index (χ1) is 7.50. The number of carboxylic acids is 1. The second-order valence-electron chi connectivity index (χ2n) is 3.93. The maximum Gasteiger partial charge on any atom is 0.305 e. The van der Waals surface area contributed by atoms with Crippen molar-refractivity contribution in [2.75, 3.05) is 12.3 Å².